The van der Waals surface area contributed by atoms with Gasteiger partial charge in [-0.2, -0.15) is 0 Å². The lowest BCUT2D eigenvalue weighted by molar-refractivity contribution is 0.213. The monoisotopic (exact) mass is 236 g/mol. The van der Waals surface area contributed by atoms with Crippen LogP contribution in [0.25, 0.3) is 0 Å². The number of rotatable bonds is 6. The van der Waals surface area contributed by atoms with Gasteiger partial charge >= 0.3 is 0 Å². The fourth-order valence-electron chi connectivity index (χ4n) is 4.22. The lowest BCUT2D eigenvalue weighted by atomic mass is 9.88. The van der Waals surface area contributed by atoms with Crippen molar-refractivity contribution in [2.45, 2.75) is 51.0 Å². The van der Waals surface area contributed by atoms with Crippen molar-refractivity contribution < 1.29 is 0 Å². The summed E-state index contributed by atoms with van der Waals surface area (Å²) in [5.41, 5.74) is 6.17. The maximum absolute atomic E-state index is 6.17. The molecule has 2 bridgehead atoms. The van der Waals surface area contributed by atoms with Crippen LogP contribution in [0, 0.1) is 23.7 Å². The van der Waals surface area contributed by atoms with Crippen LogP contribution in [0.4, 0.5) is 0 Å². The molecule has 0 aliphatic heterocycles. The summed E-state index contributed by atoms with van der Waals surface area (Å²) in [6, 6.07) is 0.484. The van der Waals surface area contributed by atoms with Crippen LogP contribution in [0.5, 0.6) is 0 Å². The van der Waals surface area contributed by atoms with E-state index in [4.69, 9.17) is 5.73 Å². The number of nitrogens with two attached hydrogens (primary N) is 1. The van der Waals surface area contributed by atoms with E-state index in [1.165, 1.54) is 51.6 Å². The Balaban J connectivity index is 1.36. The number of hydrogen-bond acceptors (Lipinski definition) is 2. The molecule has 2 nitrogen and oxygen atoms in total. The summed E-state index contributed by atoms with van der Waals surface area (Å²) in [4.78, 5) is 2.55. The average molecular weight is 236 g/mol. The first-order valence-corrected chi connectivity index (χ1v) is 7.66. The molecule has 0 aromatic rings. The van der Waals surface area contributed by atoms with Gasteiger partial charge in [-0.05, 0) is 75.8 Å². The molecule has 2 N–H and O–H groups in total. The molecule has 4 atom stereocenters. The molecule has 3 aliphatic carbocycles. The molecule has 0 saturated heterocycles. The van der Waals surface area contributed by atoms with Crippen LogP contribution in [0.15, 0.2) is 0 Å². The fourth-order valence-corrected chi connectivity index (χ4v) is 4.22. The van der Waals surface area contributed by atoms with Crippen molar-refractivity contribution in [1.82, 2.24) is 4.90 Å². The second kappa shape index (κ2) is 4.89. The molecule has 4 unspecified atom stereocenters. The lowest BCUT2D eigenvalue weighted by Gasteiger charge is -2.27. The van der Waals surface area contributed by atoms with Crippen LogP contribution < -0.4 is 5.73 Å². The molecule has 0 aromatic heterocycles. The van der Waals surface area contributed by atoms with Gasteiger partial charge < -0.3 is 10.6 Å². The van der Waals surface area contributed by atoms with Crippen molar-refractivity contribution in [2.75, 3.05) is 20.1 Å². The Kier molecular flexibility index (Phi) is 3.45. The predicted molar refractivity (Wildman–Crippen MR) is 71.8 cm³/mol. The molecule has 3 rings (SSSR count). The van der Waals surface area contributed by atoms with Crippen molar-refractivity contribution >= 4 is 0 Å². The van der Waals surface area contributed by atoms with Crippen molar-refractivity contribution in [1.29, 1.82) is 0 Å². The second-order valence-electron chi connectivity index (χ2n) is 6.99. The van der Waals surface area contributed by atoms with Crippen molar-refractivity contribution in [2.24, 2.45) is 29.4 Å². The van der Waals surface area contributed by atoms with Crippen LogP contribution in [0.1, 0.15) is 44.9 Å². The number of nitrogens with zero attached hydrogens (tertiary/aromatic N) is 1. The van der Waals surface area contributed by atoms with Crippen molar-refractivity contribution in [3.8, 4) is 0 Å². The fraction of sp³-hybridized carbons (Fsp3) is 1.00. The highest BCUT2D eigenvalue weighted by Gasteiger charge is 2.39. The minimum Gasteiger partial charge on any atom is -0.327 e. The Labute approximate surface area is 106 Å². The maximum Gasteiger partial charge on any atom is 0.00793 e. The van der Waals surface area contributed by atoms with E-state index in [2.05, 4.69) is 11.9 Å². The van der Waals surface area contributed by atoms with Gasteiger partial charge in [-0.25, -0.2) is 0 Å². The molecule has 98 valence electrons. The van der Waals surface area contributed by atoms with Crippen LogP contribution in [-0.2, 0) is 0 Å². The van der Waals surface area contributed by atoms with E-state index in [-0.39, 0.29) is 0 Å². The van der Waals surface area contributed by atoms with Crippen LogP contribution in [0.2, 0.25) is 0 Å². The molecule has 0 amide bonds. The maximum atomic E-state index is 6.17. The highest BCUT2D eigenvalue weighted by Crippen LogP contribution is 2.48. The molecule has 3 aliphatic rings. The largest absolute Gasteiger partial charge is 0.327 e. The van der Waals surface area contributed by atoms with Gasteiger partial charge in [0, 0.05) is 12.6 Å². The summed E-state index contributed by atoms with van der Waals surface area (Å²) in [5.74, 6) is 4.04. The Morgan fingerprint density at radius 2 is 2.00 bits per heavy atom. The van der Waals surface area contributed by atoms with Crippen LogP contribution in [-0.4, -0.2) is 31.1 Å². The highest BCUT2D eigenvalue weighted by atomic mass is 15.1. The standard InChI is InChI=1S/C15H28N2/c1-17(7-6-15(16)12-4-5-12)10-14-9-11-2-3-13(14)8-11/h11-15H,2-10,16H2,1H3. The van der Waals surface area contributed by atoms with Gasteiger partial charge in [0.15, 0.2) is 0 Å². The molecule has 0 heterocycles. The van der Waals surface area contributed by atoms with E-state index in [1.807, 2.05) is 0 Å². The molecule has 17 heavy (non-hydrogen) atoms. The van der Waals surface area contributed by atoms with E-state index < -0.39 is 0 Å². The molecule has 0 spiro atoms. The third-order valence-electron chi connectivity index (χ3n) is 5.50. The first kappa shape index (κ1) is 12.0. The highest BCUT2D eigenvalue weighted by molar-refractivity contribution is 4.91. The Bertz CT molecular complexity index is 262. The SMILES string of the molecule is CN(CCC(N)C1CC1)CC1CC2CCC1C2. The van der Waals surface area contributed by atoms with E-state index >= 15 is 0 Å². The molecular weight excluding hydrogens is 208 g/mol. The molecule has 2 heteroatoms. The predicted octanol–water partition coefficient (Wildman–Crippen LogP) is 2.48. The summed E-state index contributed by atoms with van der Waals surface area (Å²) in [5, 5.41) is 0. The number of hydrogen-bond donors (Lipinski definition) is 1. The third kappa shape index (κ3) is 2.85. The van der Waals surface area contributed by atoms with Gasteiger partial charge in [-0.15, -0.1) is 0 Å². The molecular formula is C15H28N2. The zero-order valence-corrected chi connectivity index (χ0v) is 11.3. The topological polar surface area (TPSA) is 29.3 Å². The van der Waals surface area contributed by atoms with Gasteiger partial charge in [-0.3, -0.25) is 0 Å². The third-order valence-corrected chi connectivity index (χ3v) is 5.50. The lowest BCUT2D eigenvalue weighted by Crippen LogP contribution is -2.33. The van der Waals surface area contributed by atoms with Crippen LogP contribution >= 0.6 is 0 Å². The Morgan fingerprint density at radius 3 is 2.59 bits per heavy atom. The molecule has 0 radical (unpaired) electrons. The van der Waals surface area contributed by atoms with E-state index in [0.29, 0.717) is 6.04 Å². The molecule has 3 fully saturated rings. The quantitative estimate of drug-likeness (QED) is 0.767. The average Bonchev–Trinajstić information content (AvgIpc) is 2.97. The first-order chi connectivity index (χ1) is 8.22. The van der Waals surface area contributed by atoms with Crippen molar-refractivity contribution in [3.63, 3.8) is 0 Å². The zero-order chi connectivity index (χ0) is 11.8. The van der Waals surface area contributed by atoms with Crippen LogP contribution in [0.3, 0.4) is 0 Å². The van der Waals surface area contributed by atoms with Gasteiger partial charge in [-0.1, -0.05) is 6.42 Å². The van der Waals surface area contributed by atoms with Gasteiger partial charge in [0.1, 0.15) is 0 Å². The van der Waals surface area contributed by atoms with Crippen molar-refractivity contribution in [3.05, 3.63) is 0 Å². The Morgan fingerprint density at radius 1 is 1.18 bits per heavy atom. The van der Waals surface area contributed by atoms with Gasteiger partial charge in [0.25, 0.3) is 0 Å². The first-order valence-electron chi connectivity index (χ1n) is 7.66. The summed E-state index contributed by atoms with van der Waals surface area (Å²) in [6.07, 6.45) is 10.1. The molecule has 0 aromatic carbocycles. The second-order valence-corrected chi connectivity index (χ2v) is 6.99. The minimum atomic E-state index is 0.484. The molecule has 3 saturated carbocycles. The summed E-state index contributed by atoms with van der Waals surface area (Å²) in [6.45, 7) is 2.55. The summed E-state index contributed by atoms with van der Waals surface area (Å²) < 4.78 is 0. The number of fused-ring (bicyclic) bond motifs is 2. The smallest absolute Gasteiger partial charge is 0.00793 e. The summed E-state index contributed by atoms with van der Waals surface area (Å²) in [7, 11) is 2.30. The van der Waals surface area contributed by atoms with E-state index in [1.54, 1.807) is 6.42 Å². The van der Waals surface area contributed by atoms with E-state index in [0.717, 1.165) is 23.7 Å². The zero-order valence-electron chi connectivity index (χ0n) is 11.3. The Hall–Kier alpha value is -0.0800. The summed E-state index contributed by atoms with van der Waals surface area (Å²) >= 11 is 0. The minimum absolute atomic E-state index is 0.484. The van der Waals surface area contributed by atoms with Gasteiger partial charge in [0.2, 0.25) is 0 Å². The van der Waals surface area contributed by atoms with Gasteiger partial charge in [0.05, 0.1) is 0 Å². The normalized spacial score (nSPS) is 37.9. The van der Waals surface area contributed by atoms with E-state index in [9.17, 15) is 0 Å².